The van der Waals surface area contributed by atoms with Gasteiger partial charge in [-0.2, -0.15) is 5.11 Å². The molecule has 100 valence electrons. The van der Waals surface area contributed by atoms with Crippen molar-refractivity contribution in [3.8, 4) is 0 Å². The second-order valence-corrected chi connectivity index (χ2v) is 4.40. The molecule has 1 aromatic carbocycles. The molecule has 2 N–H and O–H groups in total. The van der Waals surface area contributed by atoms with Crippen LogP contribution in [0.25, 0.3) is 10.4 Å². The molecule has 1 aromatic rings. The van der Waals surface area contributed by atoms with Crippen molar-refractivity contribution in [1.29, 1.82) is 0 Å². The molecule has 1 heterocycles. The first kappa shape index (κ1) is 13.3. The summed E-state index contributed by atoms with van der Waals surface area (Å²) in [6.45, 7) is 2.93. The minimum absolute atomic E-state index is 0.308. The molecule has 7 heteroatoms. The standard InChI is InChI=1S/C12H17N7/c13-18-15-6-5-10-1-3-11(4-2-10)7-14-8-12-9-16-19-17-12/h1-4,12,14H,5-9H2,(H,16,17). The van der Waals surface area contributed by atoms with E-state index in [0.29, 0.717) is 12.6 Å². The van der Waals surface area contributed by atoms with Crippen molar-refractivity contribution >= 4 is 0 Å². The van der Waals surface area contributed by atoms with Gasteiger partial charge in [-0.25, -0.2) is 0 Å². The largest absolute Gasteiger partial charge is 0.310 e. The van der Waals surface area contributed by atoms with Gasteiger partial charge in [0.2, 0.25) is 0 Å². The number of hydrogen-bond donors (Lipinski definition) is 2. The zero-order valence-corrected chi connectivity index (χ0v) is 10.7. The predicted octanol–water partition coefficient (Wildman–Crippen LogP) is 1.97. The molecule has 0 radical (unpaired) electrons. The van der Waals surface area contributed by atoms with E-state index >= 15 is 0 Å². The monoisotopic (exact) mass is 259 g/mol. The summed E-state index contributed by atoms with van der Waals surface area (Å²) >= 11 is 0. The number of benzene rings is 1. The van der Waals surface area contributed by atoms with E-state index < -0.39 is 0 Å². The van der Waals surface area contributed by atoms with Gasteiger partial charge in [0.05, 0.1) is 12.6 Å². The molecule has 2 rings (SSSR count). The molecule has 0 fully saturated rings. The van der Waals surface area contributed by atoms with Gasteiger partial charge in [0, 0.05) is 24.5 Å². The van der Waals surface area contributed by atoms with Crippen LogP contribution in [0.2, 0.25) is 0 Å². The lowest BCUT2D eigenvalue weighted by Crippen LogP contribution is -2.34. The SMILES string of the molecule is [N-]=[N+]=NCCc1ccc(CNCC2CN=NN2)cc1. The summed E-state index contributed by atoms with van der Waals surface area (Å²) in [6.07, 6.45) is 0.784. The number of nitrogens with one attached hydrogen (secondary N) is 2. The molecular formula is C12H17N7. The third kappa shape index (κ3) is 4.57. The quantitative estimate of drug-likeness (QED) is 0.444. The number of azide groups is 1. The van der Waals surface area contributed by atoms with Gasteiger partial charge < -0.3 is 5.32 Å². The third-order valence-electron chi connectivity index (χ3n) is 2.92. The van der Waals surface area contributed by atoms with E-state index in [1.54, 1.807) is 0 Å². The van der Waals surface area contributed by atoms with Gasteiger partial charge in [0.1, 0.15) is 0 Å². The highest BCUT2D eigenvalue weighted by Gasteiger charge is 2.10. The maximum atomic E-state index is 8.21. The van der Waals surface area contributed by atoms with Crippen molar-refractivity contribution in [2.45, 2.75) is 19.0 Å². The fraction of sp³-hybridized carbons (Fsp3) is 0.500. The summed E-state index contributed by atoms with van der Waals surface area (Å²) < 4.78 is 0. The number of hydrogen-bond acceptors (Lipinski definition) is 5. The van der Waals surface area contributed by atoms with Crippen molar-refractivity contribution in [3.05, 3.63) is 45.8 Å². The Morgan fingerprint density at radius 1 is 1.37 bits per heavy atom. The van der Waals surface area contributed by atoms with Gasteiger partial charge in [0.25, 0.3) is 0 Å². The smallest absolute Gasteiger partial charge is 0.0851 e. The number of nitrogens with zero attached hydrogens (tertiary/aromatic N) is 5. The van der Waals surface area contributed by atoms with Crippen LogP contribution in [0, 0.1) is 0 Å². The molecule has 7 nitrogen and oxygen atoms in total. The molecule has 19 heavy (non-hydrogen) atoms. The lowest BCUT2D eigenvalue weighted by Gasteiger charge is -2.10. The summed E-state index contributed by atoms with van der Waals surface area (Å²) in [5, 5.41) is 14.5. The van der Waals surface area contributed by atoms with Crippen LogP contribution in [0.4, 0.5) is 0 Å². The van der Waals surface area contributed by atoms with Crippen molar-refractivity contribution in [3.63, 3.8) is 0 Å². The van der Waals surface area contributed by atoms with Gasteiger partial charge in [-0.15, -0.1) is 0 Å². The van der Waals surface area contributed by atoms with Gasteiger partial charge in [0.15, 0.2) is 0 Å². The Labute approximate surface area is 111 Å². The molecule has 0 spiro atoms. The minimum Gasteiger partial charge on any atom is -0.310 e. The van der Waals surface area contributed by atoms with Crippen LogP contribution in [0.3, 0.4) is 0 Å². The molecule has 1 aliphatic heterocycles. The first-order chi connectivity index (χ1) is 9.38. The average Bonchev–Trinajstić information content (AvgIpc) is 2.94. The van der Waals surface area contributed by atoms with Crippen LogP contribution in [0.1, 0.15) is 11.1 Å². The van der Waals surface area contributed by atoms with E-state index in [-0.39, 0.29) is 0 Å². The van der Waals surface area contributed by atoms with E-state index in [2.05, 4.69) is 55.4 Å². The van der Waals surface area contributed by atoms with E-state index in [1.807, 2.05) is 0 Å². The Kier molecular flexibility index (Phi) is 5.16. The highest BCUT2D eigenvalue weighted by atomic mass is 15.5. The molecule has 1 unspecified atom stereocenters. The second kappa shape index (κ2) is 7.35. The van der Waals surface area contributed by atoms with Gasteiger partial charge in [-0.3, -0.25) is 5.43 Å². The molecule has 0 bridgehead atoms. The van der Waals surface area contributed by atoms with Crippen molar-refractivity contribution in [1.82, 2.24) is 10.7 Å². The Balaban J connectivity index is 1.70. The van der Waals surface area contributed by atoms with E-state index in [4.69, 9.17) is 5.53 Å². The Morgan fingerprint density at radius 2 is 2.16 bits per heavy atom. The first-order valence-electron chi connectivity index (χ1n) is 6.30. The zero-order chi connectivity index (χ0) is 13.3. The fourth-order valence-corrected chi connectivity index (χ4v) is 1.85. The molecule has 0 amide bonds. The van der Waals surface area contributed by atoms with Gasteiger partial charge >= 0.3 is 0 Å². The zero-order valence-electron chi connectivity index (χ0n) is 10.7. The van der Waals surface area contributed by atoms with Crippen LogP contribution >= 0.6 is 0 Å². The lowest BCUT2D eigenvalue weighted by molar-refractivity contribution is 0.537. The average molecular weight is 259 g/mol. The molecular weight excluding hydrogens is 242 g/mol. The Morgan fingerprint density at radius 3 is 2.84 bits per heavy atom. The Bertz CT molecular complexity index is 453. The predicted molar refractivity (Wildman–Crippen MR) is 72.5 cm³/mol. The minimum atomic E-state index is 0.308. The van der Waals surface area contributed by atoms with E-state index in [9.17, 15) is 0 Å². The lowest BCUT2D eigenvalue weighted by atomic mass is 10.1. The van der Waals surface area contributed by atoms with Crippen LogP contribution in [0.15, 0.2) is 39.7 Å². The van der Waals surface area contributed by atoms with Crippen LogP contribution in [-0.4, -0.2) is 25.7 Å². The summed E-state index contributed by atoms with van der Waals surface area (Å²) in [6, 6.07) is 8.64. The van der Waals surface area contributed by atoms with Crippen molar-refractivity contribution in [2.75, 3.05) is 19.6 Å². The normalized spacial score (nSPS) is 16.9. The van der Waals surface area contributed by atoms with Crippen LogP contribution < -0.4 is 10.7 Å². The van der Waals surface area contributed by atoms with E-state index in [1.165, 1.54) is 11.1 Å². The van der Waals surface area contributed by atoms with Gasteiger partial charge in [-0.1, -0.05) is 34.6 Å². The summed E-state index contributed by atoms with van der Waals surface area (Å²) in [5.41, 5.74) is 13.6. The third-order valence-corrected chi connectivity index (χ3v) is 2.92. The molecule has 0 aliphatic carbocycles. The molecule has 0 saturated heterocycles. The highest BCUT2D eigenvalue weighted by molar-refractivity contribution is 5.22. The van der Waals surface area contributed by atoms with E-state index in [0.717, 1.165) is 26.1 Å². The van der Waals surface area contributed by atoms with Gasteiger partial charge in [-0.05, 0) is 23.1 Å². The summed E-state index contributed by atoms with van der Waals surface area (Å²) in [7, 11) is 0. The summed E-state index contributed by atoms with van der Waals surface area (Å²) in [5.74, 6) is 0. The van der Waals surface area contributed by atoms with Crippen molar-refractivity contribution < 1.29 is 0 Å². The fourth-order valence-electron chi connectivity index (χ4n) is 1.85. The first-order valence-corrected chi connectivity index (χ1v) is 6.30. The second-order valence-electron chi connectivity index (χ2n) is 4.40. The van der Waals surface area contributed by atoms with Crippen molar-refractivity contribution in [2.24, 2.45) is 15.5 Å². The molecule has 0 saturated carbocycles. The molecule has 0 aromatic heterocycles. The molecule has 1 atom stereocenters. The maximum absolute atomic E-state index is 8.21. The summed E-state index contributed by atoms with van der Waals surface area (Å²) in [4.78, 5) is 2.74. The maximum Gasteiger partial charge on any atom is 0.0851 e. The Hall–Kier alpha value is -2.11. The molecule has 1 aliphatic rings. The topological polar surface area (TPSA) is 97.5 Å². The number of rotatable bonds is 7. The van der Waals surface area contributed by atoms with Crippen LogP contribution in [-0.2, 0) is 13.0 Å². The van der Waals surface area contributed by atoms with Crippen LogP contribution in [0.5, 0.6) is 0 Å². The highest BCUT2D eigenvalue weighted by Crippen LogP contribution is 2.05.